The first-order chi connectivity index (χ1) is 8.54. The highest BCUT2D eigenvalue weighted by atomic mass is 32.2. The Morgan fingerprint density at radius 3 is 2.61 bits per heavy atom. The molecular weight excluding hydrogens is 266 g/mol. The fraction of sp³-hybridized carbons (Fsp3) is 0.100. The fourth-order valence-corrected chi connectivity index (χ4v) is 1.68. The predicted molar refractivity (Wildman–Crippen MR) is 58.0 cm³/mol. The van der Waals surface area contributed by atoms with E-state index in [0.717, 1.165) is 30.0 Å². The number of rotatable bonds is 4. The predicted octanol–water partition coefficient (Wildman–Crippen LogP) is 2.19. The van der Waals surface area contributed by atoms with E-state index >= 15 is 0 Å². The number of carboxylic acids is 1. The van der Waals surface area contributed by atoms with Crippen LogP contribution in [0.2, 0.25) is 0 Å². The third-order valence-corrected chi connectivity index (χ3v) is 2.65. The molecule has 0 saturated heterocycles. The lowest BCUT2D eigenvalue weighted by atomic mass is 10.2. The number of aliphatic carboxylic acids is 1. The number of aromatic nitrogens is 2. The molecule has 0 radical (unpaired) electrons. The Morgan fingerprint density at radius 2 is 2.00 bits per heavy atom. The van der Waals surface area contributed by atoms with Gasteiger partial charge in [-0.3, -0.25) is 4.79 Å². The molecule has 0 fully saturated rings. The van der Waals surface area contributed by atoms with Crippen molar-refractivity contribution in [3.8, 4) is 11.4 Å². The summed E-state index contributed by atoms with van der Waals surface area (Å²) in [6.07, 6.45) is 0. The van der Waals surface area contributed by atoms with E-state index in [1.165, 1.54) is 0 Å². The number of nitrogens with zero attached hydrogens (tertiary/aromatic N) is 2. The minimum Gasteiger partial charge on any atom is -0.481 e. The van der Waals surface area contributed by atoms with Crippen molar-refractivity contribution in [3.63, 3.8) is 0 Å². The lowest BCUT2D eigenvalue weighted by Crippen LogP contribution is -1.97. The van der Waals surface area contributed by atoms with Gasteiger partial charge in [0.2, 0.25) is 5.82 Å². The minimum absolute atomic E-state index is 0.00119. The SMILES string of the molecule is O=C(O)CSc1nc(-c2cc(F)cc(F)c2)no1. The van der Waals surface area contributed by atoms with Gasteiger partial charge in [-0.1, -0.05) is 16.9 Å². The molecule has 2 rings (SSSR count). The zero-order valence-electron chi connectivity index (χ0n) is 8.76. The number of hydrogen-bond donors (Lipinski definition) is 1. The Bertz CT molecular complexity index is 568. The highest BCUT2D eigenvalue weighted by Crippen LogP contribution is 2.22. The normalized spacial score (nSPS) is 10.6. The lowest BCUT2D eigenvalue weighted by Gasteiger charge is -1.95. The molecule has 0 spiro atoms. The molecule has 2 aromatic rings. The van der Waals surface area contributed by atoms with E-state index < -0.39 is 17.6 Å². The van der Waals surface area contributed by atoms with Crippen molar-refractivity contribution in [1.29, 1.82) is 0 Å². The molecule has 0 saturated carbocycles. The molecular formula is C10H6F2N2O3S. The van der Waals surface area contributed by atoms with Crippen molar-refractivity contribution in [2.75, 3.05) is 5.75 Å². The van der Waals surface area contributed by atoms with Crippen LogP contribution in [0, 0.1) is 11.6 Å². The van der Waals surface area contributed by atoms with Gasteiger partial charge in [-0.15, -0.1) is 0 Å². The molecule has 1 N–H and O–H groups in total. The van der Waals surface area contributed by atoms with Gasteiger partial charge in [-0.25, -0.2) is 8.78 Å². The summed E-state index contributed by atoms with van der Waals surface area (Å²) in [5.41, 5.74) is 0.124. The van der Waals surface area contributed by atoms with Gasteiger partial charge >= 0.3 is 5.97 Å². The Hall–Kier alpha value is -1.96. The van der Waals surface area contributed by atoms with E-state index in [0.29, 0.717) is 0 Å². The second-order valence-electron chi connectivity index (χ2n) is 3.22. The maximum absolute atomic E-state index is 13.0. The van der Waals surface area contributed by atoms with Gasteiger partial charge in [0.15, 0.2) is 0 Å². The van der Waals surface area contributed by atoms with Gasteiger partial charge in [0, 0.05) is 11.6 Å². The fourth-order valence-electron chi connectivity index (χ4n) is 1.19. The summed E-state index contributed by atoms with van der Waals surface area (Å²) in [6, 6.07) is 2.84. The quantitative estimate of drug-likeness (QED) is 0.860. The number of benzene rings is 1. The first-order valence-corrected chi connectivity index (χ1v) is 5.68. The Morgan fingerprint density at radius 1 is 1.33 bits per heavy atom. The highest BCUT2D eigenvalue weighted by Gasteiger charge is 2.12. The average Bonchev–Trinajstić information content (AvgIpc) is 2.73. The summed E-state index contributed by atoms with van der Waals surface area (Å²) < 4.78 is 30.7. The summed E-state index contributed by atoms with van der Waals surface area (Å²) in [4.78, 5) is 14.2. The molecule has 0 aliphatic rings. The van der Waals surface area contributed by atoms with Crippen molar-refractivity contribution in [3.05, 3.63) is 29.8 Å². The third-order valence-electron chi connectivity index (χ3n) is 1.85. The lowest BCUT2D eigenvalue weighted by molar-refractivity contribution is -0.133. The molecule has 0 aliphatic carbocycles. The van der Waals surface area contributed by atoms with Gasteiger partial charge in [0.25, 0.3) is 5.22 Å². The van der Waals surface area contributed by atoms with E-state index in [-0.39, 0.29) is 22.4 Å². The molecule has 8 heteroatoms. The van der Waals surface area contributed by atoms with Crippen LogP contribution in [0.15, 0.2) is 27.9 Å². The van der Waals surface area contributed by atoms with Gasteiger partial charge < -0.3 is 9.63 Å². The van der Waals surface area contributed by atoms with Crippen LogP contribution in [0.5, 0.6) is 0 Å². The van der Waals surface area contributed by atoms with Crippen LogP contribution in [0.25, 0.3) is 11.4 Å². The minimum atomic E-state index is -1.03. The smallest absolute Gasteiger partial charge is 0.314 e. The molecule has 0 amide bonds. The summed E-state index contributed by atoms with van der Waals surface area (Å²) >= 11 is 0.825. The van der Waals surface area contributed by atoms with Crippen molar-refractivity contribution >= 4 is 17.7 Å². The van der Waals surface area contributed by atoms with Crippen molar-refractivity contribution in [1.82, 2.24) is 10.1 Å². The molecule has 0 bridgehead atoms. The van der Waals surface area contributed by atoms with Crippen LogP contribution in [0.4, 0.5) is 8.78 Å². The molecule has 1 aromatic carbocycles. The molecule has 0 atom stereocenters. The third kappa shape index (κ3) is 3.04. The van der Waals surface area contributed by atoms with E-state index in [4.69, 9.17) is 9.63 Å². The topological polar surface area (TPSA) is 76.2 Å². The second-order valence-corrected chi connectivity index (χ2v) is 4.15. The summed E-state index contributed by atoms with van der Waals surface area (Å²) in [6.45, 7) is 0. The Balaban J connectivity index is 2.21. The zero-order chi connectivity index (χ0) is 13.1. The Kier molecular flexibility index (Phi) is 3.56. The number of carbonyl (C=O) groups is 1. The summed E-state index contributed by atoms with van der Waals surface area (Å²) in [5.74, 6) is -2.78. The zero-order valence-corrected chi connectivity index (χ0v) is 9.58. The van der Waals surface area contributed by atoms with Crippen LogP contribution in [0.3, 0.4) is 0 Å². The first-order valence-electron chi connectivity index (χ1n) is 4.69. The second kappa shape index (κ2) is 5.13. The van der Waals surface area contributed by atoms with Gasteiger partial charge in [0.1, 0.15) is 17.4 Å². The summed E-state index contributed by atoms with van der Waals surface area (Å²) in [5, 5.41) is 12.0. The van der Waals surface area contributed by atoms with Gasteiger partial charge in [0.05, 0.1) is 0 Å². The van der Waals surface area contributed by atoms with Crippen molar-refractivity contribution in [2.45, 2.75) is 5.22 Å². The molecule has 0 aliphatic heterocycles. The van der Waals surface area contributed by atoms with Crippen LogP contribution >= 0.6 is 11.8 Å². The van der Waals surface area contributed by atoms with E-state index in [2.05, 4.69) is 10.1 Å². The van der Waals surface area contributed by atoms with E-state index in [1.807, 2.05) is 0 Å². The maximum atomic E-state index is 13.0. The number of halogens is 2. The van der Waals surface area contributed by atoms with Crippen LogP contribution < -0.4 is 0 Å². The van der Waals surface area contributed by atoms with E-state index in [1.54, 1.807) is 0 Å². The monoisotopic (exact) mass is 272 g/mol. The van der Waals surface area contributed by atoms with Gasteiger partial charge in [-0.05, 0) is 12.1 Å². The van der Waals surface area contributed by atoms with Gasteiger partial charge in [-0.2, -0.15) is 4.98 Å². The molecule has 5 nitrogen and oxygen atoms in total. The van der Waals surface area contributed by atoms with Crippen molar-refractivity contribution in [2.24, 2.45) is 0 Å². The Labute approximate surface area is 104 Å². The number of carboxylic acid groups (broad SMARTS) is 1. The standard InChI is InChI=1S/C10H6F2N2O3S/c11-6-1-5(2-7(12)3-6)9-13-10(17-14-9)18-4-8(15)16/h1-3H,4H2,(H,15,16). The molecule has 1 aromatic heterocycles. The van der Waals surface area contributed by atoms with E-state index in [9.17, 15) is 13.6 Å². The largest absolute Gasteiger partial charge is 0.481 e. The van der Waals surface area contributed by atoms with Crippen LogP contribution in [-0.2, 0) is 4.79 Å². The van der Waals surface area contributed by atoms with Crippen LogP contribution in [0.1, 0.15) is 0 Å². The molecule has 1 heterocycles. The van der Waals surface area contributed by atoms with Crippen molar-refractivity contribution < 1.29 is 23.2 Å². The maximum Gasteiger partial charge on any atom is 0.314 e. The molecule has 94 valence electrons. The molecule has 18 heavy (non-hydrogen) atoms. The number of thioether (sulfide) groups is 1. The first kappa shape index (κ1) is 12.5. The van der Waals surface area contributed by atoms with Crippen LogP contribution in [-0.4, -0.2) is 27.0 Å². The number of hydrogen-bond acceptors (Lipinski definition) is 5. The summed E-state index contributed by atoms with van der Waals surface area (Å²) in [7, 11) is 0. The average molecular weight is 272 g/mol. The molecule has 0 unspecified atom stereocenters. The highest BCUT2D eigenvalue weighted by molar-refractivity contribution is 7.99.